The fraction of sp³-hybridized carbons (Fsp3) is 0.308. The van der Waals surface area contributed by atoms with Crippen molar-refractivity contribution in [2.45, 2.75) is 13.1 Å². The van der Waals surface area contributed by atoms with Gasteiger partial charge in [-0.1, -0.05) is 12.2 Å². The molecule has 8 nitrogen and oxygen atoms in total. The van der Waals surface area contributed by atoms with Crippen LogP contribution in [-0.2, 0) is 24.5 Å². The lowest BCUT2D eigenvalue weighted by Crippen LogP contribution is -2.29. The van der Waals surface area contributed by atoms with Gasteiger partial charge < -0.3 is 5.73 Å². The second-order valence-electron chi connectivity index (χ2n) is 5.19. The molecule has 2 rings (SSSR count). The van der Waals surface area contributed by atoms with Gasteiger partial charge in [0.15, 0.2) is 0 Å². The molecule has 1 aromatic carbocycles. The van der Waals surface area contributed by atoms with Gasteiger partial charge in [0, 0.05) is 19.2 Å². The van der Waals surface area contributed by atoms with Crippen LogP contribution in [0.15, 0.2) is 16.9 Å². The molecule has 0 amide bonds. The summed E-state index contributed by atoms with van der Waals surface area (Å²) >= 11 is 2.22. The number of nitrogens with zero attached hydrogens (tertiary/aromatic N) is 4. The summed E-state index contributed by atoms with van der Waals surface area (Å²) in [6, 6.07) is 1.65. The third-order valence-corrected chi connectivity index (χ3v) is 4.59. The van der Waals surface area contributed by atoms with Gasteiger partial charge in [0.05, 0.1) is 5.69 Å². The van der Waals surface area contributed by atoms with Crippen molar-refractivity contribution in [2.75, 3.05) is 10.8 Å². The molecule has 3 N–H and O–H groups in total. The molecule has 2 aromatic rings. The minimum absolute atomic E-state index is 0.0469. The number of alkyl halides is 3. The normalized spacial score (nSPS) is 12.9. The number of aromatic nitrogens is 3. The van der Waals surface area contributed by atoms with E-state index in [1.54, 1.807) is 0 Å². The maximum absolute atomic E-state index is 14.5. The lowest BCUT2D eigenvalue weighted by molar-refractivity contribution is -0.147. The number of halogens is 4. The van der Waals surface area contributed by atoms with E-state index in [9.17, 15) is 31.1 Å². The third-order valence-electron chi connectivity index (χ3n) is 3.54. The third kappa shape index (κ3) is 3.86. The largest absolute Gasteiger partial charge is 0.451 e. The van der Waals surface area contributed by atoms with E-state index in [1.807, 2.05) is 0 Å². The SMILES string of the molecule is CCN(c1cc(-n2nc(C(F)(F)F)n(C)c2=O)c(F)cc1C(N)=S)S(=O)O. The minimum atomic E-state index is -4.95. The van der Waals surface area contributed by atoms with E-state index in [-0.39, 0.29) is 32.0 Å². The van der Waals surface area contributed by atoms with E-state index in [0.29, 0.717) is 0 Å². The Morgan fingerprint density at radius 2 is 2.04 bits per heavy atom. The summed E-state index contributed by atoms with van der Waals surface area (Å²) in [5.41, 5.74) is 3.30. The lowest BCUT2D eigenvalue weighted by Gasteiger charge is -2.22. The molecule has 1 aromatic heterocycles. The van der Waals surface area contributed by atoms with Crippen LogP contribution < -0.4 is 15.7 Å². The van der Waals surface area contributed by atoms with E-state index < -0.39 is 40.5 Å². The molecule has 148 valence electrons. The maximum Gasteiger partial charge on any atom is 0.451 e. The summed E-state index contributed by atoms with van der Waals surface area (Å²) in [6.07, 6.45) is -4.95. The van der Waals surface area contributed by atoms with Crippen LogP contribution in [0.4, 0.5) is 23.2 Å². The van der Waals surface area contributed by atoms with Gasteiger partial charge in [-0.05, 0) is 19.1 Å². The first-order chi connectivity index (χ1) is 12.4. The standard InChI is InChI=1S/C13H13F4N5O3S2/c1-3-21(27(24)25)8-5-9(7(14)4-6(8)10(18)26)22-12(23)20(2)11(19-22)13(15,16)17/h4-5H,3H2,1-2H3,(H2,18,26)(H,24,25). The van der Waals surface area contributed by atoms with Gasteiger partial charge in [0.25, 0.3) is 11.3 Å². The van der Waals surface area contributed by atoms with Gasteiger partial charge in [0.1, 0.15) is 16.5 Å². The summed E-state index contributed by atoms with van der Waals surface area (Å²) in [5.74, 6) is -2.68. The number of hydrogen-bond donors (Lipinski definition) is 2. The second-order valence-corrected chi connectivity index (χ2v) is 6.53. The number of benzene rings is 1. The number of nitrogens with two attached hydrogens (primary N) is 1. The van der Waals surface area contributed by atoms with Gasteiger partial charge in [-0.25, -0.2) is 13.4 Å². The zero-order valence-corrected chi connectivity index (χ0v) is 15.5. The number of anilines is 1. The Hall–Kier alpha value is -2.32. The molecule has 0 bridgehead atoms. The van der Waals surface area contributed by atoms with Gasteiger partial charge in [-0.3, -0.25) is 13.4 Å². The Labute approximate surface area is 157 Å². The van der Waals surface area contributed by atoms with Crippen molar-refractivity contribution < 1.29 is 26.3 Å². The van der Waals surface area contributed by atoms with Crippen molar-refractivity contribution in [3.63, 3.8) is 0 Å². The molecule has 0 saturated heterocycles. The molecule has 1 atom stereocenters. The van der Waals surface area contributed by atoms with Crippen LogP contribution in [0.1, 0.15) is 18.3 Å². The van der Waals surface area contributed by atoms with Crippen LogP contribution in [0.2, 0.25) is 0 Å². The van der Waals surface area contributed by atoms with Crippen LogP contribution in [0, 0.1) is 5.82 Å². The zero-order valence-electron chi connectivity index (χ0n) is 13.8. The summed E-state index contributed by atoms with van der Waals surface area (Å²) in [5, 5.41) is 3.14. The van der Waals surface area contributed by atoms with Gasteiger partial charge in [-0.2, -0.15) is 17.9 Å². The van der Waals surface area contributed by atoms with Crippen LogP contribution in [0.25, 0.3) is 5.69 Å². The van der Waals surface area contributed by atoms with Gasteiger partial charge >= 0.3 is 11.9 Å². The molecule has 1 unspecified atom stereocenters. The number of hydrogen-bond acceptors (Lipinski definition) is 4. The molecule has 0 radical (unpaired) electrons. The fourth-order valence-electron chi connectivity index (χ4n) is 2.32. The van der Waals surface area contributed by atoms with Crippen molar-refractivity contribution >= 4 is 34.2 Å². The van der Waals surface area contributed by atoms with Crippen LogP contribution in [-0.4, -0.2) is 34.6 Å². The first-order valence-electron chi connectivity index (χ1n) is 7.15. The van der Waals surface area contributed by atoms with Crippen molar-refractivity contribution in [2.24, 2.45) is 12.8 Å². The Kier molecular flexibility index (Phi) is 5.72. The van der Waals surface area contributed by atoms with Gasteiger partial charge in [-0.15, -0.1) is 5.10 Å². The lowest BCUT2D eigenvalue weighted by atomic mass is 10.1. The number of rotatable bonds is 5. The van der Waals surface area contributed by atoms with E-state index >= 15 is 0 Å². The quantitative estimate of drug-likeness (QED) is 0.424. The highest BCUT2D eigenvalue weighted by Crippen LogP contribution is 2.29. The van der Waals surface area contributed by atoms with Crippen LogP contribution in [0.5, 0.6) is 0 Å². The molecule has 1 heterocycles. The predicted octanol–water partition coefficient (Wildman–Crippen LogP) is 1.33. The predicted molar refractivity (Wildman–Crippen MR) is 93.4 cm³/mol. The highest BCUT2D eigenvalue weighted by molar-refractivity contribution is 7.81. The van der Waals surface area contributed by atoms with E-state index in [0.717, 1.165) is 23.5 Å². The number of thiocarbonyl (C=S) groups is 1. The Morgan fingerprint density at radius 3 is 2.44 bits per heavy atom. The molecule has 0 spiro atoms. The van der Waals surface area contributed by atoms with E-state index in [1.165, 1.54) is 6.92 Å². The topological polar surface area (TPSA) is 106 Å². The minimum Gasteiger partial charge on any atom is -0.389 e. The average Bonchev–Trinajstić information content (AvgIpc) is 2.84. The van der Waals surface area contributed by atoms with Crippen molar-refractivity contribution in [1.29, 1.82) is 0 Å². The summed E-state index contributed by atoms with van der Waals surface area (Å²) < 4.78 is 75.5. The fourth-order valence-corrected chi connectivity index (χ4v) is 3.03. The summed E-state index contributed by atoms with van der Waals surface area (Å²) in [6.45, 7) is 1.45. The smallest absolute Gasteiger partial charge is 0.389 e. The molecule has 0 aliphatic carbocycles. The molecule has 0 aliphatic heterocycles. The van der Waals surface area contributed by atoms with Crippen molar-refractivity contribution in [3.8, 4) is 5.69 Å². The molecule has 14 heteroatoms. The molecule has 0 saturated carbocycles. The molecular weight excluding hydrogens is 414 g/mol. The molecule has 27 heavy (non-hydrogen) atoms. The molecule has 0 aliphatic rings. The highest BCUT2D eigenvalue weighted by atomic mass is 32.2. The maximum atomic E-state index is 14.5. The Balaban J connectivity index is 2.82. The monoisotopic (exact) mass is 427 g/mol. The summed E-state index contributed by atoms with van der Waals surface area (Å²) in [7, 11) is 0.831. The average molecular weight is 427 g/mol. The van der Waals surface area contributed by atoms with Crippen molar-refractivity contribution in [1.82, 2.24) is 14.3 Å². The van der Waals surface area contributed by atoms with Crippen LogP contribution >= 0.6 is 12.2 Å². The first kappa shape index (κ1) is 21.0. The molecule has 0 fully saturated rings. The second kappa shape index (κ2) is 7.36. The van der Waals surface area contributed by atoms with E-state index in [2.05, 4.69) is 5.10 Å². The van der Waals surface area contributed by atoms with E-state index in [4.69, 9.17) is 18.0 Å². The Bertz CT molecular complexity index is 986. The van der Waals surface area contributed by atoms with Crippen molar-refractivity contribution in [3.05, 3.63) is 39.8 Å². The van der Waals surface area contributed by atoms with Gasteiger partial charge in [0.2, 0.25) is 5.82 Å². The Morgan fingerprint density at radius 1 is 1.44 bits per heavy atom. The zero-order chi connectivity index (χ0) is 20.7. The van der Waals surface area contributed by atoms with Crippen LogP contribution in [0.3, 0.4) is 0 Å². The highest BCUT2D eigenvalue weighted by Gasteiger charge is 2.38. The first-order valence-corrected chi connectivity index (χ1v) is 8.62. The molecular formula is C13H13F4N5O3S2. The summed E-state index contributed by atoms with van der Waals surface area (Å²) in [4.78, 5) is 11.8.